The molecule has 134 valence electrons. The van der Waals surface area contributed by atoms with Gasteiger partial charge in [0.05, 0.1) is 20.1 Å². The van der Waals surface area contributed by atoms with Gasteiger partial charge in [-0.15, -0.1) is 0 Å². The van der Waals surface area contributed by atoms with E-state index in [-0.39, 0.29) is 0 Å². The van der Waals surface area contributed by atoms with Crippen LogP contribution in [-0.4, -0.2) is 43.2 Å². The Morgan fingerprint density at radius 1 is 0.962 bits per heavy atom. The van der Waals surface area contributed by atoms with Gasteiger partial charge in [0.2, 0.25) is 5.41 Å². The van der Waals surface area contributed by atoms with Crippen molar-refractivity contribution >= 4 is 18.2 Å². The molecule has 26 heavy (non-hydrogen) atoms. The Bertz CT molecular complexity index is 816. The number of carbonyl (C=O) groups is 2. The monoisotopic (exact) mass is 353 g/mol. The van der Waals surface area contributed by atoms with Gasteiger partial charge in [0.1, 0.15) is 0 Å². The highest BCUT2D eigenvalue weighted by atomic mass is 16.6. The smallest absolute Gasteiger partial charge is 0.331 e. The van der Waals surface area contributed by atoms with E-state index in [1.54, 1.807) is 48.5 Å². The highest BCUT2D eigenvalue weighted by molar-refractivity contribution is 6.06. The molecule has 2 aromatic carbocycles. The van der Waals surface area contributed by atoms with Crippen LogP contribution in [0.15, 0.2) is 60.7 Å². The van der Waals surface area contributed by atoms with Crippen molar-refractivity contribution in [3.8, 4) is 0 Å². The molecule has 2 atom stereocenters. The third-order valence-electron chi connectivity index (χ3n) is 4.72. The summed E-state index contributed by atoms with van der Waals surface area (Å²) in [7, 11) is 2.39. The molecule has 1 aliphatic carbocycles. The molecule has 6 nitrogen and oxygen atoms in total. The molecule has 0 amide bonds. The van der Waals surface area contributed by atoms with Crippen LogP contribution in [-0.2, 0) is 19.1 Å². The van der Waals surface area contributed by atoms with Crippen molar-refractivity contribution in [3.05, 3.63) is 77.0 Å². The maximum absolute atomic E-state index is 12.9. The molecule has 1 fully saturated rings. The second-order valence-corrected chi connectivity index (χ2v) is 6.09. The zero-order chi connectivity index (χ0) is 18.7. The SMILES string of the molecule is COC(=O)C1(C(=O)OC)[C@H](c2ccccc2)[C@H]1/[N+]([O-])=C/c1ccccc1. The van der Waals surface area contributed by atoms with Crippen LogP contribution in [0.3, 0.4) is 0 Å². The van der Waals surface area contributed by atoms with Gasteiger partial charge in [0.15, 0.2) is 12.3 Å². The molecule has 1 aliphatic rings. The minimum absolute atomic E-state index is 0.652. The van der Waals surface area contributed by atoms with Crippen molar-refractivity contribution in [2.45, 2.75) is 12.0 Å². The largest absolute Gasteiger partial charge is 0.624 e. The molecule has 0 saturated heterocycles. The van der Waals surface area contributed by atoms with Gasteiger partial charge in [0, 0.05) is 5.56 Å². The molecular formula is C20H19NO5. The van der Waals surface area contributed by atoms with Gasteiger partial charge in [-0.1, -0.05) is 48.5 Å². The van der Waals surface area contributed by atoms with E-state index in [9.17, 15) is 14.8 Å². The van der Waals surface area contributed by atoms with E-state index >= 15 is 0 Å². The third-order valence-corrected chi connectivity index (χ3v) is 4.72. The lowest BCUT2D eigenvalue weighted by molar-refractivity contribution is -0.474. The third kappa shape index (κ3) is 2.73. The Morgan fingerprint density at radius 3 is 1.96 bits per heavy atom. The molecule has 0 bridgehead atoms. The summed E-state index contributed by atoms with van der Waals surface area (Å²) in [6, 6.07) is 17.0. The van der Waals surface area contributed by atoms with Gasteiger partial charge < -0.3 is 14.7 Å². The fourth-order valence-corrected chi connectivity index (χ4v) is 3.51. The van der Waals surface area contributed by atoms with E-state index in [1.807, 2.05) is 12.1 Å². The number of hydrogen-bond acceptors (Lipinski definition) is 5. The number of rotatable bonds is 5. The molecule has 0 heterocycles. The summed E-state index contributed by atoms with van der Waals surface area (Å²) in [5.74, 6) is -2.20. The summed E-state index contributed by atoms with van der Waals surface area (Å²) >= 11 is 0. The van der Waals surface area contributed by atoms with Crippen LogP contribution in [0.2, 0.25) is 0 Å². The van der Waals surface area contributed by atoms with Crippen molar-refractivity contribution in [2.75, 3.05) is 14.2 Å². The van der Waals surface area contributed by atoms with E-state index in [0.717, 1.165) is 0 Å². The first-order valence-electron chi connectivity index (χ1n) is 8.14. The Labute approximate surface area is 151 Å². The number of carbonyl (C=O) groups excluding carboxylic acids is 2. The summed E-state index contributed by atoms with van der Waals surface area (Å²) in [5.41, 5.74) is -0.307. The first-order chi connectivity index (χ1) is 12.6. The normalized spacial score (nSPS) is 20.9. The molecule has 0 spiro atoms. The highest BCUT2D eigenvalue weighted by Gasteiger charge is 2.83. The van der Waals surface area contributed by atoms with Gasteiger partial charge in [-0.25, -0.2) is 4.74 Å². The van der Waals surface area contributed by atoms with Crippen molar-refractivity contribution < 1.29 is 23.8 Å². The summed E-state index contributed by atoms with van der Waals surface area (Å²) in [4.78, 5) is 25.1. The van der Waals surface area contributed by atoms with Gasteiger partial charge in [-0.2, -0.15) is 0 Å². The molecule has 6 heteroatoms. The van der Waals surface area contributed by atoms with Gasteiger partial charge >= 0.3 is 11.9 Å². The fourth-order valence-electron chi connectivity index (χ4n) is 3.51. The van der Waals surface area contributed by atoms with Crippen molar-refractivity contribution in [2.24, 2.45) is 5.41 Å². The number of ether oxygens (including phenoxy) is 2. The number of esters is 2. The molecule has 0 aromatic heterocycles. The minimum atomic E-state index is -1.68. The van der Waals surface area contributed by atoms with Crippen molar-refractivity contribution in [1.29, 1.82) is 0 Å². The van der Waals surface area contributed by atoms with E-state index in [4.69, 9.17) is 9.47 Å². The predicted molar refractivity (Wildman–Crippen MR) is 94.7 cm³/mol. The zero-order valence-corrected chi connectivity index (χ0v) is 14.5. The van der Waals surface area contributed by atoms with Gasteiger partial charge in [-0.3, -0.25) is 9.59 Å². The lowest BCUT2D eigenvalue weighted by atomic mass is 9.99. The summed E-state index contributed by atoms with van der Waals surface area (Å²) in [6.07, 6.45) is 1.37. The van der Waals surface area contributed by atoms with Crippen LogP contribution in [0.1, 0.15) is 17.0 Å². The first-order valence-corrected chi connectivity index (χ1v) is 8.14. The predicted octanol–water partition coefficient (Wildman–Crippen LogP) is 2.11. The van der Waals surface area contributed by atoms with Crippen LogP contribution in [0.25, 0.3) is 0 Å². The van der Waals surface area contributed by atoms with Crippen LogP contribution < -0.4 is 0 Å². The van der Waals surface area contributed by atoms with E-state index in [1.165, 1.54) is 20.4 Å². The molecule has 0 unspecified atom stereocenters. The number of benzene rings is 2. The lowest BCUT2D eigenvalue weighted by Gasteiger charge is -2.12. The van der Waals surface area contributed by atoms with Crippen molar-refractivity contribution in [3.63, 3.8) is 0 Å². The lowest BCUT2D eigenvalue weighted by Crippen LogP contribution is -2.35. The highest BCUT2D eigenvalue weighted by Crippen LogP contribution is 2.62. The number of nitrogens with zero attached hydrogens (tertiary/aromatic N) is 1. The fraction of sp³-hybridized carbons (Fsp3) is 0.250. The Hall–Kier alpha value is -3.15. The summed E-state index contributed by atoms with van der Waals surface area (Å²) < 4.78 is 10.4. The molecule has 0 N–H and O–H groups in total. The van der Waals surface area contributed by atoms with Gasteiger partial charge in [-0.05, 0) is 17.7 Å². The maximum Gasteiger partial charge on any atom is 0.331 e. The molecule has 1 saturated carbocycles. The molecule has 2 aromatic rings. The Kier molecular flexibility index (Phi) is 4.75. The topological polar surface area (TPSA) is 78.7 Å². The van der Waals surface area contributed by atoms with Crippen LogP contribution in [0, 0.1) is 10.6 Å². The number of methoxy groups -OCH3 is 2. The second kappa shape index (κ2) is 7.00. The zero-order valence-electron chi connectivity index (χ0n) is 14.5. The Morgan fingerprint density at radius 2 is 1.46 bits per heavy atom. The Balaban J connectivity index is 2.09. The quantitative estimate of drug-likeness (QED) is 0.205. The molecular weight excluding hydrogens is 334 g/mol. The average molecular weight is 353 g/mol. The first kappa shape index (κ1) is 17.7. The summed E-state index contributed by atoms with van der Waals surface area (Å²) in [5, 5.41) is 12.9. The van der Waals surface area contributed by atoms with Crippen LogP contribution in [0.4, 0.5) is 0 Å². The van der Waals surface area contributed by atoms with Gasteiger partial charge in [0.25, 0.3) is 0 Å². The van der Waals surface area contributed by atoms with E-state index in [2.05, 4.69) is 0 Å². The summed E-state index contributed by atoms with van der Waals surface area (Å²) in [6.45, 7) is 0. The molecule has 0 radical (unpaired) electrons. The average Bonchev–Trinajstić information content (AvgIpc) is 3.39. The van der Waals surface area contributed by atoms with E-state index < -0.39 is 29.3 Å². The minimum Gasteiger partial charge on any atom is -0.624 e. The van der Waals surface area contributed by atoms with Crippen molar-refractivity contribution in [1.82, 2.24) is 0 Å². The maximum atomic E-state index is 12.9. The van der Waals surface area contributed by atoms with Crippen LogP contribution in [0.5, 0.6) is 0 Å². The number of hydrogen-bond donors (Lipinski definition) is 0. The number of hydroxylamine groups is 1. The van der Waals surface area contributed by atoms with Crippen LogP contribution >= 0.6 is 0 Å². The second-order valence-electron chi connectivity index (χ2n) is 6.09. The molecule has 3 rings (SSSR count). The van der Waals surface area contributed by atoms with E-state index in [0.29, 0.717) is 15.9 Å². The standard InChI is InChI=1S/C20H19NO5/c1-25-18(22)20(19(23)26-2)16(15-11-7-4-8-12-15)17(20)21(24)13-14-9-5-3-6-10-14/h3-13,16-17H,1-2H3/b21-13-/t16-,17-/m1/s1. The molecule has 0 aliphatic heterocycles.